The highest BCUT2D eigenvalue weighted by atomic mass is 32.2. The van der Waals surface area contributed by atoms with Gasteiger partial charge in [0.2, 0.25) is 5.91 Å². The lowest BCUT2D eigenvalue weighted by atomic mass is 10.2. The Labute approximate surface area is 179 Å². The number of rotatable bonds is 8. The normalized spacial score (nSPS) is 18.0. The quantitative estimate of drug-likeness (QED) is 0.378. The largest absolute Gasteiger partial charge is 0.494 e. The van der Waals surface area contributed by atoms with Crippen molar-refractivity contribution in [3.8, 4) is 11.5 Å². The summed E-state index contributed by atoms with van der Waals surface area (Å²) in [7, 11) is -3.99. The molecule has 1 fully saturated rings. The maximum atomic E-state index is 12.5. The molecule has 10 heteroatoms. The molecule has 158 valence electrons. The molecule has 0 spiro atoms. The minimum Gasteiger partial charge on any atom is -0.494 e. The van der Waals surface area contributed by atoms with E-state index in [1.807, 2.05) is 13.8 Å². The Hall–Kier alpha value is -2.85. The van der Waals surface area contributed by atoms with Gasteiger partial charge in [-0.15, -0.1) is 5.10 Å². The van der Waals surface area contributed by atoms with Crippen LogP contribution in [0.25, 0.3) is 0 Å². The Kier molecular flexibility index (Phi) is 7.11. The van der Waals surface area contributed by atoms with Crippen LogP contribution in [0.5, 0.6) is 11.5 Å². The standard InChI is InChI=1S/C20H21N3O5S2/c1-3-18-19(24)22-20(29-18)23-21-13-14-6-5-7-16(12-14)28-30(25,26)17-10-8-15(9-11-17)27-4-2/h5-13,18H,3-4H2,1-2H3,(H,22,23,24)/b21-13-/t18-/m0/s1. The zero-order valence-corrected chi connectivity index (χ0v) is 18.1. The molecule has 1 aliphatic rings. The van der Waals surface area contributed by atoms with Crippen LogP contribution in [0.2, 0.25) is 0 Å². The smallest absolute Gasteiger partial charge is 0.339 e. The second-order valence-corrected chi connectivity index (χ2v) is 8.91. The van der Waals surface area contributed by atoms with Crippen LogP contribution in [0.15, 0.2) is 63.6 Å². The van der Waals surface area contributed by atoms with E-state index in [4.69, 9.17) is 8.92 Å². The summed E-state index contributed by atoms with van der Waals surface area (Å²) in [6.45, 7) is 4.27. The zero-order valence-electron chi connectivity index (χ0n) is 16.4. The Balaban J connectivity index is 1.68. The summed E-state index contributed by atoms with van der Waals surface area (Å²) < 4.78 is 35.5. The molecule has 3 rings (SSSR count). The van der Waals surface area contributed by atoms with Crippen molar-refractivity contribution in [1.82, 2.24) is 5.32 Å². The number of benzene rings is 2. The molecule has 1 aliphatic heterocycles. The van der Waals surface area contributed by atoms with E-state index in [1.54, 1.807) is 24.3 Å². The minimum absolute atomic E-state index is 0.0240. The Morgan fingerprint density at radius 1 is 1.13 bits per heavy atom. The average Bonchev–Trinajstić information content (AvgIpc) is 3.08. The van der Waals surface area contributed by atoms with Gasteiger partial charge in [0.05, 0.1) is 18.1 Å². The summed E-state index contributed by atoms with van der Waals surface area (Å²) in [5, 5.41) is 10.9. The van der Waals surface area contributed by atoms with Crippen molar-refractivity contribution in [1.29, 1.82) is 0 Å². The molecule has 2 aromatic carbocycles. The third-order valence-corrected chi connectivity index (χ3v) is 6.49. The third kappa shape index (κ3) is 5.61. The summed E-state index contributed by atoms with van der Waals surface area (Å²) in [6.07, 6.45) is 2.16. The summed E-state index contributed by atoms with van der Waals surface area (Å²) >= 11 is 1.33. The molecule has 1 atom stereocenters. The molecule has 1 amide bonds. The maximum absolute atomic E-state index is 12.5. The van der Waals surface area contributed by atoms with E-state index in [9.17, 15) is 13.2 Å². The van der Waals surface area contributed by atoms with Gasteiger partial charge in [-0.25, -0.2) is 0 Å². The van der Waals surface area contributed by atoms with Crippen LogP contribution < -0.4 is 14.2 Å². The van der Waals surface area contributed by atoms with Crippen LogP contribution in [0, 0.1) is 0 Å². The molecule has 0 unspecified atom stereocenters. The van der Waals surface area contributed by atoms with Gasteiger partial charge in [0.15, 0.2) is 5.17 Å². The topological polar surface area (TPSA) is 106 Å². The van der Waals surface area contributed by atoms with E-state index in [0.717, 1.165) is 0 Å². The number of carbonyl (C=O) groups is 1. The Morgan fingerprint density at radius 2 is 1.90 bits per heavy atom. The lowest BCUT2D eigenvalue weighted by Gasteiger charge is -2.08. The molecular weight excluding hydrogens is 426 g/mol. The van der Waals surface area contributed by atoms with Crippen LogP contribution in [0.1, 0.15) is 25.8 Å². The second kappa shape index (κ2) is 9.77. The molecular formula is C20H21N3O5S2. The number of nitrogens with zero attached hydrogens (tertiary/aromatic N) is 2. The number of amides is 1. The molecule has 0 saturated carbocycles. The third-order valence-electron chi connectivity index (χ3n) is 3.99. The number of nitrogens with one attached hydrogen (secondary N) is 1. The van der Waals surface area contributed by atoms with Crippen molar-refractivity contribution in [3.05, 3.63) is 54.1 Å². The highest BCUT2D eigenvalue weighted by molar-refractivity contribution is 8.15. The van der Waals surface area contributed by atoms with Crippen molar-refractivity contribution >= 4 is 39.2 Å². The van der Waals surface area contributed by atoms with Gasteiger partial charge in [-0.3, -0.25) is 4.79 Å². The molecule has 0 aliphatic carbocycles. The van der Waals surface area contributed by atoms with Crippen LogP contribution in [0.3, 0.4) is 0 Å². The first-order valence-electron chi connectivity index (χ1n) is 9.27. The number of ether oxygens (including phenoxy) is 1. The van der Waals surface area contributed by atoms with Gasteiger partial charge in [-0.1, -0.05) is 30.8 Å². The average molecular weight is 448 g/mol. The van der Waals surface area contributed by atoms with Gasteiger partial charge in [0, 0.05) is 0 Å². The maximum Gasteiger partial charge on any atom is 0.339 e. The molecule has 8 nitrogen and oxygen atoms in total. The summed E-state index contributed by atoms with van der Waals surface area (Å²) in [4.78, 5) is 11.7. The van der Waals surface area contributed by atoms with Crippen LogP contribution in [-0.2, 0) is 14.9 Å². The van der Waals surface area contributed by atoms with Crippen LogP contribution >= 0.6 is 11.8 Å². The Bertz CT molecular complexity index is 1070. The first kappa shape index (κ1) is 21.8. The molecule has 30 heavy (non-hydrogen) atoms. The van der Waals surface area contributed by atoms with Crippen molar-refractivity contribution < 1.29 is 22.1 Å². The predicted octanol–water partition coefficient (Wildman–Crippen LogP) is 3.18. The summed E-state index contributed by atoms with van der Waals surface area (Å²) in [5.41, 5.74) is 0.597. The molecule has 0 aromatic heterocycles. The van der Waals surface area contributed by atoms with Gasteiger partial charge < -0.3 is 14.2 Å². The monoisotopic (exact) mass is 447 g/mol. The van der Waals surface area contributed by atoms with Crippen molar-refractivity contribution in [2.24, 2.45) is 10.2 Å². The minimum atomic E-state index is -3.99. The van der Waals surface area contributed by atoms with E-state index in [1.165, 1.54) is 42.2 Å². The van der Waals surface area contributed by atoms with Crippen LogP contribution in [0.4, 0.5) is 0 Å². The van der Waals surface area contributed by atoms with Gasteiger partial charge in [-0.2, -0.15) is 13.5 Å². The molecule has 0 bridgehead atoms. The molecule has 1 N–H and O–H groups in total. The van der Waals surface area contributed by atoms with E-state index in [-0.39, 0.29) is 21.8 Å². The number of hydrogen-bond donors (Lipinski definition) is 1. The van der Waals surface area contributed by atoms with Crippen molar-refractivity contribution in [2.75, 3.05) is 6.61 Å². The fourth-order valence-corrected chi connectivity index (χ4v) is 4.34. The second-order valence-electron chi connectivity index (χ2n) is 6.17. The van der Waals surface area contributed by atoms with Gasteiger partial charge in [0.1, 0.15) is 16.4 Å². The zero-order chi connectivity index (χ0) is 21.6. The number of hydrogen-bond acceptors (Lipinski definition) is 8. The van der Waals surface area contributed by atoms with Gasteiger partial charge >= 0.3 is 10.1 Å². The number of carbonyl (C=O) groups excluding carboxylic acids is 1. The highest BCUT2D eigenvalue weighted by Gasteiger charge is 2.28. The number of thioether (sulfide) groups is 1. The first-order valence-corrected chi connectivity index (χ1v) is 11.6. The lowest BCUT2D eigenvalue weighted by Crippen LogP contribution is -2.24. The fourth-order valence-electron chi connectivity index (χ4n) is 2.56. The number of amidine groups is 1. The van der Waals surface area contributed by atoms with E-state index in [2.05, 4.69) is 15.5 Å². The van der Waals surface area contributed by atoms with E-state index >= 15 is 0 Å². The van der Waals surface area contributed by atoms with Gasteiger partial charge in [-0.05, 0) is 55.3 Å². The Morgan fingerprint density at radius 3 is 2.57 bits per heavy atom. The van der Waals surface area contributed by atoms with Gasteiger partial charge in [0.25, 0.3) is 0 Å². The first-order chi connectivity index (χ1) is 14.4. The summed E-state index contributed by atoms with van der Waals surface area (Å²) in [5.74, 6) is 0.652. The van der Waals surface area contributed by atoms with Crippen molar-refractivity contribution in [2.45, 2.75) is 30.4 Å². The fraction of sp³-hybridized carbons (Fsp3) is 0.250. The molecule has 0 radical (unpaired) electrons. The lowest BCUT2D eigenvalue weighted by molar-refractivity contribution is -0.118. The highest BCUT2D eigenvalue weighted by Crippen LogP contribution is 2.23. The molecule has 1 saturated heterocycles. The predicted molar refractivity (Wildman–Crippen MR) is 117 cm³/mol. The van der Waals surface area contributed by atoms with Crippen molar-refractivity contribution in [3.63, 3.8) is 0 Å². The van der Waals surface area contributed by atoms with E-state index in [0.29, 0.717) is 29.5 Å². The van der Waals surface area contributed by atoms with E-state index < -0.39 is 10.1 Å². The van der Waals surface area contributed by atoms with Crippen LogP contribution in [-0.4, -0.2) is 37.6 Å². The molecule has 1 heterocycles. The SMILES string of the molecule is CCOc1ccc(S(=O)(=O)Oc2cccc(/C=N\N=C3\NC(=O)[C@H](CC)S3)c2)cc1. The molecule has 2 aromatic rings. The summed E-state index contributed by atoms with van der Waals surface area (Å²) in [6, 6.07) is 12.5.